The molecule has 1 atom stereocenters. The molecule has 0 aliphatic carbocycles. The molecule has 0 bridgehead atoms. The van der Waals surface area contributed by atoms with Gasteiger partial charge in [0.2, 0.25) is 0 Å². The number of pyridine rings is 1. The van der Waals surface area contributed by atoms with E-state index in [1.165, 1.54) is 0 Å². The first-order chi connectivity index (χ1) is 8.74. The molecule has 2 rings (SSSR count). The maximum absolute atomic E-state index is 9.63. The topological polar surface area (TPSA) is 45.6 Å². The second kappa shape index (κ2) is 6.27. The zero-order valence-corrected chi connectivity index (χ0v) is 11.0. The lowest BCUT2D eigenvalue weighted by Crippen LogP contribution is -2.44. The Balaban J connectivity index is 1.91. The molecule has 1 unspecified atom stereocenters. The SMILES string of the molecule is CN(Cc1ccccn1)CC1(CO)CCCOC1. The first-order valence-electron chi connectivity index (χ1n) is 6.51. The average molecular weight is 250 g/mol. The van der Waals surface area contributed by atoms with Gasteiger partial charge in [-0.1, -0.05) is 6.07 Å². The van der Waals surface area contributed by atoms with Crippen LogP contribution in [0.15, 0.2) is 24.4 Å². The molecule has 1 aliphatic heterocycles. The number of hydrogen-bond donors (Lipinski definition) is 1. The third-order valence-corrected chi connectivity index (χ3v) is 3.50. The highest BCUT2D eigenvalue weighted by Gasteiger charge is 2.33. The van der Waals surface area contributed by atoms with Gasteiger partial charge in [-0.05, 0) is 32.0 Å². The van der Waals surface area contributed by atoms with E-state index >= 15 is 0 Å². The molecular formula is C14H22N2O2. The summed E-state index contributed by atoms with van der Waals surface area (Å²) in [7, 11) is 2.07. The van der Waals surface area contributed by atoms with Gasteiger partial charge < -0.3 is 9.84 Å². The highest BCUT2D eigenvalue weighted by atomic mass is 16.5. The fraction of sp³-hybridized carbons (Fsp3) is 0.643. The van der Waals surface area contributed by atoms with Gasteiger partial charge in [-0.2, -0.15) is 0 Å². The summed E-state index contributed by atoms with van der Waals surface area (Å²) in [5, 5.41) is 9.63. The van der Waals surface area contributed by atoms with Crippen molar-refractivity contribution in [1.82, 2.24) is 9.88 Å². The minimum Gasteiger partial charge on any atom is -0.396 e. The monoisotopic (exact) mass is 250 g/mol. The van der Waals surface area contributed by atoms with Crippen molar-refractivity contribution in [1.29, 1.82) is 0 Å². The molecule has 0 spiro atoms. The van der Waals surface area contributed by atoms with Gasteiger partial charge in [-0.3, -0.25) is 9.88 Å². The average Bonchev–Trinajstić information content (AvgIpc) is 2.41. The van der Waals surface area contributed by atoms with E-state index in [1.807, 2.05) is 24.4 Å². The maximum Gasteiger partial charge on any atom is 0.0556 e. The van der Waals surface area contributed by atoms with Crippen molar-refractivity contribution in [3.63, 3.8) is 0 Å². The van der Waals surface area contributed by atoms with Gasteiger partial charge in [0.1, 0.15) is 0 Å². The van der Waals surface area contributed by atoms with Crippen molar-refractivity contribution < 1.29 is 9.84 Å². The lowest BCUT2D eigenvalue weighted by Gasteiger charge is -2.38. The number of aliphatic hydroxyl groups is 1. The second-order valence-electron chi connectivity index (χ2n) is 5.31. The van der Waals surface area contributed by atoms with Crippen molar-refractivity contribution in [2.75, 3.05) is 33.4 Å². The van der Waals surface area contributed by atoms with Crippen molar-refractivity contribution in [2.24, 2.45) is 5.41 Å². The van der Waals surface area contributed by atoms with Crippen LogP contribution < -0.4 is 0 Å². The Morgan fingerprint density at radius 1 is 1.50 bits per heavy atom. The van der Waals surface area contributed by atoms with Gasteiger partial charge in [-0.25, -0.2) is 0 Å². The predicted molar refractivity (Wildman–Crippen MR) is 70.1 cm³/mol. The van der Waals surface area contributed by atoms with E-state index in [0.29, 0.717) is 6.61 Å². The van der Waals surface area contributed by atoms with Crippen LogP contribution in [0.3, 0.4) is 0 Å². The van der Waals surface area contributed by atoms with Crippen LogP contribution >= 0.6 is 0 Å². The third kappa shape index (κ3) is 3.51. The van der Waals surface area contributed by atoms with Gasteiger partial charge in [0.25, 0.3) is 0 Å². The summed E-state index contributed by atoms with van der Waals surface area (Å²) in [6, 6.07) is 5.95. The van der Waals surface area contributed by atoms with Crippen molar-refractivity contribution in [3.8, 4) is 0 Å². The standard InChI is InChI=1S/C14H22N2O2/c1-16(9-13-5-2-3-7-15-13)10-14(11-17)6-4-8-18-12-14/h2-3,5,7,17H,4,6,8-12H2,1H3. The van der Waals surface area contributed by atoms with E-state index in [-0.39, 0.29) is 12.0 Å². The Kier molecular flexibility index (Phi) is 4.69. The molecule has 2 heterocycles. The fourth-order valence-electron chi connectivity index (χ4n) is 2.61. The third-order valence-electron chi connectivity index (χ3n) is 3.50. The molecule has 100 valence electrons. The lowest BCUT2D eigenvalue weighted by atomic mass is 9.83. The van der Waals surface area contributed by atoms with Crippen LogP contribution in [0.5, 0.6) is 0 Å². The molecule has 1 aliphatic rings. The van der Waals surface area contributed by atoms with Gasteiger partial charge in [0, 0.05) is 31.3 Å². The van der Waals surface area contributed by atoms with E-state index in [9.17, 15) is 5.11 Å². The Morgan fingerprint density at radius 2 is 2.39 bits per heavy atom. The molecule has 1 saturated heterocycles. The van der Waals surface area contributed by atoms with E-state index in [2.05, 4.69) is 16.9 Å². The number of rotatable bonds is 5. The molecular weight excluding hydrogens is 228 g/mol. The quantitative estimate of drug-likeness (QED) is 0.855. The molecule has 0 aromatic carbocycles. The molecule has 0 saturated carbocycles. The van der Waals surface area contributed by atoms with E-state index in [4.69, 9.17) is 4.74 Å². The summed E-state index contributed by atoms with van der Waals surface area (Å²) >= 11 is 0. The molecule has 0 amide bonds. The van der Waals surface area contributed by atoms with Crippen LogP contribution in [-0.4, -0.2) is 48.4 Å². The second-order valence-corrected chi connectivity index (χ2v) is 5.31. The van der Waals surface area contributed by atoms with E-state index < -0.39 is 0 Å². The highest BCUT2D eigenvalue weighted by Crippen LogP contribution is 2.29. The van der Waals surface area contributed by atoms with Gasteiger partial charge in [0.15, 0.2) is 0 Å². The summed E-state index contributed by atoms with van der Waals surface area (Å²) in [6.45, 7) is 3.34. The molecule has 1 aromatic rings. The first kappa shape index (κ1) is 13.5. The zero-order valence-electron chi connectivity index (χ0n) is 11.0. The summed E-state index contributed by atoms with van der Waals surface area (Å²) in [5.41, 5.74) is 0.965. The van der Waals surface area contributed by atoms with Gasteiger partial charge in [0.05, 0.1) is 18.9 Å². The smallest absolute Gasteiger partial charge is 0.0556 e. The highest BCUT2D eigenvalue weighted by molar-refractivity contribution is 5.03. The maximum atomic E-state index is 9.63. The predicted octanol–water partition coefficient (Wildman–Crippen LogP) is 1.30. The summed E-state index contributed by atoms with van der Waals surface area (Å²) in [5.74, 6) is 0. The Morgan fingerprint density at radius 3 is 3.00 bits per heavy atom. The van der Waals surface area contributed by atoms with Crippen LogP contribution in [-0.2, 0) is 11.3 Å². The number of aliphatic hydroxyl groups excluding tert-OH is 1. The number of hydrogen-bond acceptors (Lipinski definition) is 4. The van der Waals surface area contributed by atoms with Crippen molar-refractivity contribution in [2.45, 2.75) is 19.4 Å². The zero-order chi connectivity index (χ0) is 12.8. The van der Waals surface area contributed by atoms with E-state index in [0.717, 1.165) is 38.2 Å². The molecule has 1 fully saturated rings. The minimum atomic E-state index is -0.0955. The number of nitrogens with zero attached hydrogens (tertiary/aromatic N) is 2. The van der Waals surface area contributed by atoms with Crippen LogP contribution in [0.1, 0.15) is 18.5 Å². The molecule has 4 heteroatoms. The number of aromatic nitrogens is 1. The van der Waals surface area contributed by atoms with Crippen molar-refractivity contribution in [3.05, 3.63) is 30.1 Å². The molecule has 1 N–H and O–H groups in total. The minimum absolute atomic E-state index is 0.0955. The summed E-state index contributed by atoms with van der Waals surface area (Å²) in [4.78, 5) is 6.54. The van der Waals surface area contributed by atoms with Crippen LogP contribution in [0, 0.1) is 5.41 Å². The van der Waals surface area contributed by atoms with Crippen LogP contribution in [0.25, 0.3) is 0 Å². The Bertz CT molecular complexity index is 350. The largest absolute Gasteiger partial charge is 0.396 e. The molecule has 0 radical (unpaired) electrons. The van der Waals surface area contributed by atoms with Gasteiger partial charge in [-0.15, -0.1) is 0 Å². The molecule has 1 aromatic heterocycles. The number of ether oxygens (including phenoxy) is 1. The van der Waals surface area contributed by atoms with E-state index in [1.54, 1.807) is 0 Å². The normalized spacial score (nSPS) is 24.4. The van der Waals surface area contributed by atoms with Crippen molar-refractivity contribution >= 4 is 0 Å². The first-order valence-corrected chi connectivity index (χ1v) is 6.51. The van der Waals surface area contributed by atoms with Crippen LogP contribution in [0.4, 0.5) is 0 Å². The van der Waals surface area contributed by atoms with Crippen LogP contribution in [0.2, 0.25) is 0 Å². The Hall–Kier alpha value is -0.970. The molecule has 4 nitrogen and oxygen atoms in total. The summed E-state index contributed by atoms with van der Waals surface area (Å²) in [6.07, 6.45) is 3.89. The fourth-order valence-corrected chi connectivity index (χ4v) is 2.61. The molecule has 18 heavy (non-hydrogen) atoms. The van der Waals surface area contributed by atoms with Gasteiger partial charge >= 0.3 is 0 Å². The Labute approximate surface area is 109 Å². The lowest BCUT2D eigenvalue weighted by molar-refractivity contribution is -0.0532. The summed E-state index contributed by atoms with van der Waals surface area (Å²) < 4.78 is 5.53.